The largest absolute Gasteiger partial charge is 0.468 e. The lowest BCUT2D eigenvalue weighted by Crippen LogP contribution is -2.20. The fourth-order valence-electron chi connectivity index (χ4n) is 0.585. The molecule has 0 aliphatic heterocycles. The predicted molar refractivity (Wildman–Crippen MR) is 41.3 cm³/mol. The van der Waals surface area contributed by atoms with E-state index >= 15 is 0 Å². The van der Waals surface area contributed by atoms with E-state index in [1.165, 1.54) is 0 Å². The molecule has 0 aromatic rings. The van der Waals surface area contributed by atoms with Gasteiger partial charge in [0.15, 0.2) is 9.84 Å². The third-order valence-electron chi connectivity index (χ3n) is 1.15. The summed E-state index contributed by atoms with van der Waals surface area (Å²) in [5, 5.41) is 0. The summed E-state index contributed by atoms with van der Waals surface area (Å²) in [6.07, 6.45) is -0.0701. The van der Waals surface area contributed by atoms with Crippen LogP contribution in [0.15, 0.2) is 0 Å². The van der Waals surface area contributed by atoms with Crippen molar-refractivity contribution in [3.05, 3.63) is 0 Å². The molecule has 0 unspecified atom stereocenters. The zero-order valence-corrected chi connectivity index (χ0v) is 7.56. The quantitative estimate of drug-likeness (QED) is 0.580. The Balaban J connectivity index is 3.96. The molecule has 0 atom stereocenters. The van der Waals surface area contributed by atoms with Crippen LogP contribution in [0, 0.1) is 0 Å². The number of alkyl halides is 1. The van der Waals surface area contributed by atoms with Crippen LogP contribution in [0.3, 0.4) is 0 Å². The molecule has 0 radical (unpaired) electrons. The molecule has 4 nitrogen and oxygen atoms in total. The van der Waals surface area contributed by atoms with Gasteiger partial charge in [-0.2, -0.15) is 0 Å². The zero-order chi connectivity index (χ0) is 9.61. The number of esters is 1. The highest BCUT2D eigenvalue weighted by Crippen LogP contribution is 1.95. The molecular formula is C6H11FO4S. The summed E-state index contributed by atoms with van der Waals surface area (Å²) >= 11 is 0. The van der Waals surface area contributed by atoms with Crippen molar-refractivity contribution in [3.63, 3.8) is 0 Å². The molecule has 72 valence electrons. The van der Waals surface area contributed by atoms with Crippen LogP contribution in [0.1, 0.15) is 6.42 Å². The van der Waals surface area contributed by atoms with Gasteiger partial charge in [0.2, 0.25) is 0 Å². The number of hydrogen-bond acceptors (Lipinski definition) is 4. The molecule has 6 heteroatoms. The number of halogens is 1. The maximum atomic E-state index is 11.6. The highest BCUT2D eigenvalue weighted by Gasteiger charge is 2.16. The summed E-state index contributed by atoms with van der Waals surface area (Å²) in [5.74, 6) is -1.78. The second-order valence-electron chi connectivity index (χ2n) is 2.21. The van der Waals surface area contributed by atoms with Crippen LogP contribution in [-0.4, -0.2) is 39.7 Å². The van der Waals surface area contributed by atoms with Crippen LogP contribution >= 0.6 is 0 Å². The molecule has 0 heterocycles. The molecule has 12 heavy (non-hydrogen) atoms. The molecule has 0 aliphatic carbocycles. The Morgan fingerprint density at radius 3 is 2.50 bits per heavy atom. The van der Waals surface area contributed by atoms with E-state index in [-0.39, 0.29) is 12.2 Å². The zero-order valence-electron chi connectivity index (χ0n) is 6.75. The summed E-state index contributed by atoms with van der Waals surface area (Å²) in [5.41, 5.74) is 0. The summed E-state index contributed by atoms with van der Waals surface area (Å²) in [7, 11) is -2.37. The third kappa shape index (κ3) is 5.06. The standard InChI is InChI=1S/C6H11FO4S/c1-11-6(8)5-12(9,10)4-2-3-7/h2-5H2,1H3. The number of carbonyl (C=O) groups is 1. The van der Waals surface area contributed by atoms with Gasteiger partial charge in [-0.3, -0.25) is 9.18 Å². The van der Waals surface area contributed by atoms with Crippen molar-refractivity contribution in [3.8, 4) is 0 Å². The van der Waals surface area contributed by atoms with Crippen LogP contribution < -0.4 is 0 Å². The Hall–Kier alpha value is -0.650. The van der Waals surface area contributed by atoms with Gasteiger partial charge >= 0.3 is 5.97 Å². The summed E-state index contributed by atoms with van der Waals surface area (Å²) < 4.78 is 37.5. The number of ether oxygens (including phenoxy) is 1. The molecule has 0 aromatic heterocycles. The second-order valence-corrected chi connectivity index (χ2v) is 4.39. The fraction of sp³-hybridized carbons (Fsp3) is 0.833. The van der Waals surface area contributed by atoms with E-state index < -0.39 is 28.2 Å². The lowest BCUT2D eigenvalue weighted by molar-refractivity contribution is -0.137. The molecule has 0 saturated heterocycles. The molecule has 0 spiro atoms. The predicted octanol–water partition coefficient (Wildman–Crippen LogP) is -0.0662. The topological polar surface area (TPSA) is 60.4 Å². The maximum absolute atomic E-state index is 11.6. The Kier molecular flexibility index (Phi) is 4.80. The molecule has 0 bridgehead atoms. The van der Waals surface area contributed by atoms with Gasteiger partial charge in [0, 0.05) is 0 Å². The SMILES string of the molecule is COC(=O)CS(=O)(=O)CCCF. The first-order valence-corrected chi connectivity index (χ1v) is 5.17. The fourth-order valence-corrected chi connectivity index (χ4v) is 1.76. The molecule has 0 rings (SSSR count). The van der Waals surface area contributed by atoms with Gasteiger partial charge in [-0.25, -0.2) is 8.42 Å². The average molecular weight is 198 g/mol. The van der Waals surface area contributed by atoms with Gasteiger partial charge in [0.25, 0.3) is 0 Å². The van der Waals surface area contributed by atoms with Gasteiger partial charge in [-0.05, 0) is 6.42 Å². The van der Waals surface area contributed by atoms with Crippen molar-refractivity contribution in [1.82, 2.24) is 0 Å². The van der Waals surface area contributed by atoms with Gasteiger partial charge in [-0.15, -0.1) is 0 Å². The number of hydrogen-bond donors (Lipinski definition) is 0. The van der Waals surface area contributed by atoms with Crippen molar-refractivity contribution < 1.29 is 22.3 Å². The monoisotopic (exact) mass is 198 g/mol. The highest BCUT2D eigenvalue weighted by atomic mass is 32.2. The van der Waals surface area contributed by atoms with Crippen molar-refractivity contribution in [2.75, 3.05) is 25.3 Å². The second kappa shape index (κ2) is 5.08. The van der Waals surface area contributed by atoms with Crippen LogP contribution in [0.2, 0.25) is 0 Å². The van der Waals surface area contributed by atoms with Gasteiger partial charge in [-0.1, -0.05) is 0 Å². The number of methoxy groups -OCH3 is 1. The molecule has 0 aromatic carbocycles. The molecular weight excluding hydrogens is 187 g/mol. The van der Waals surface area contributed by atoms with E-state index in [0.717, 1.165) is 7.11 Å². The maximum Gasteiger partial charge on any atom is 0.320 e. The lowest BCUT2D eigenvalue weighted by atomic mass is 10.6. The first-order valence-electron chi connectivity index (χ1n) is 3.35. The van der Waals surface area contributed by atoms with Crippen molar-refractivity contribution >= 4 is 15.8 Å². The van der Waals surface area contributed by atoms with E-state index in [1.54, 1.807) is 0 Å². The number of sulfone groups is 1. The molecule has 0 saturated carbocycles. The summed E-state index contributed by atoms with van der Waals surface area (Å²) in [6, 6.07) is 0. The summed E-state index contributed by atoms with van der Waals surface area (Å²) in [6.45, 7) is -0.694. The first kappa shape index (κ1) is 11.4. The van der Waals surface area contributed by atoms with Gasteiger partial charge in [0.1, 0.15) is 5.75 Å². The van der Waals surface area contributed by atoms with E-state index in [0.29, 0.717) is 0 Å². The Bertz CT molecular complexity index is 234. The van der Waals surface area contributed by atoms with E-state index in [4.69, 9.17) is 0 Å². The minimum Gasteiger partial charge on any atom is -0.468 e. The number of carbonyl (C=O) groups excluding carboxylic acids is 1. The Morgan fingerprint density at radius 1 is 1.50 bits per heavy atom. The minimum atomic E-state index is -3.47. The van der Waals surface area contributed by atoms with E-state index in [9.17, 15) is 17.6 Å². The van der Waals surface area contributed by atoms with Crippen LogP contribution in [0.5, 0.6) is 0 Å². The molecule has 0 aliphatic rings. The van der Waals surface area contributed by atoms with Crippen LogP contribution in [0.4, 0.5) is 4.39 Å². The normalized spacial score (nSPS) is 11.2. The number of rotatable bonds is 5. The minimum absolute atomic E-state index is 0.0701. The first-order chi connectivity index (χ1) is 5.52. The highest BCUT2D eigenvalue weighted by molar-refractivity contribution is 7.92. The van der Waals surface area contributed by atoms with Crippen LogP contribution in [0.25, 0.3) is 0 Å². The molecule has 0 N–H and O–H groups in total. The van der Waals surface area contributed by atoms with E-state index in [1.807, 2.05) is 0 Å². The van der Waals surface area contributed by atoms with Crippen molar-refractivity contribution in [2.24, 2.45) is 0 Å². The van der Waals surface area contributed by atoms with Crippen molar-refractivity contribution in [2.45, 2.75) is 6.42 Å². The molecule has 0 fully saturated rings. The Morgan fingerprint density at radius 2 is 2.08 bits per heavy atom. The lowest BCUT2D eigenvalue weighted by Gasteiger charge is -2.00. The van der Waals surface area contributed by atoms with Gasteiger partial charge in [0.05, 0.1) is 19.5 Å². The smallest absolute Gasteiger partial charge is 0.320 e. The van der Waals surface area contributed by atoms with Gasteiger partial charge < -0.3 is 4.74 Å². The third-order valence-corrected chi connectivity index (χ3v) is 2.74. The molecule has 0 amide bonds. The average Bonchev–Trinajstić information content (AvgIpc) is 2.00. The van der Waals surface area contributed by atoms with E-state index in [2.05, 4.69) is 4.74 Å². The van der Waals surface area contributed by atoms with Crippen LogP contribution in [-0.2, 0) is 19.4 Å². The summed E-state index contributed by atoms with van der Waals surface area (Å²) in [4.78, 5) is 10.5. The Labute approximate surface area is 70.6 Å². The van der Waals surface area contributed by atoms with Crippen molar-refractivity contribution in [1.29, 1.82) is 0 Å².